The summed E-state index contributed by atoms with van der Waals surface area (Å²) in [7, 11) is 0. The van der Waals surface area contributed by atoms with Crippen molar-refractivity contribution in [3.8, 4) is 0 Å². The quantitative estimate of drug-likeness (QED) is 0.635. The van der Waals surface area contributed by atoms with Gasteiger partial charge >= 0.3 is 0 Å². The zero-order valence-electron chi connectivity index (χ0n) is 10.8. The molecule has 0 amide bonds. The van der Waals surface area contributed by atoms with E-state index in [-0.39, 0.29) is 0 Å². The molecule has 1 aliphatic carbocycles. The molecule has 1 aromatic carbocycles. The number of nitrogens with zero attached hydrogens (tertiary/aromatic N) is 1. The lowest BCUT2D eigenvalue weighted by Crippen LogP contribution is -2.34. The molecule has 0 unspecified atom stereocenters. The van der Waals surface area contributed by atoms with Crippen molar-refractivity contribution >= 4 is 5.96 Å². The molecule has 2 rings (SSSR count). The van der Waals surface area contributed by atoms with Gasteiger partial charge in [0.15, 0.2) is 5.96 Å². The van der Waals surface area contributed by atoms with E-state index >= 15 is 0 Å². The fourth-order valence-corrected chi connectivity index (χ4v) is 2.01. The largest absolute Gasteiger partial charge is 0.370 e. The summed E-state index contributed by atoms with van der Waals surface area (Å²) in [5.74, 6) is -0.00752. The Labute approximate surface area is 111 Å². The first-order valence-electron chi connectivity index (χ1n) is 6.63. The molecule has 0 aromatic heterocycles. The van der Waals surface area contributed by atoms with Crippen LogP contribution in [0.1, 0.15) is 24.8 Å². The van der Waals surface area contributed by atoms with Gasteiger partial charge in [0.25, 0.3) is 0 Å². The lowest BCUT2D eigenvalue weighted by Gasteiger charge is -2.23. The second-order valence-corrected chi connectivity index (χ2v) is 4.94. The van der Waals surface area contributed by atoms with E-state index in [1.54, 1.807) is 0 Å². The molecule has 0 spiro atoms. The third-order valence-corrected chi connectivity index (χ3v) is 3.46. The number of benzene rings is 1. The molecule has 0 atom stereocenters. The van der Waals surface area contributed by atoms with Crippen LogP contribution >= 0.6 is 0 Å². The minimum atomic E-state index is -0.559. The molecule has 1 aromatic rings. The lowest BCUT2D eigenvalue weighted by atomic mass is 9.86. The van der Waals surface area contributed by atoms with Gasteiger partial charge in [0.05, 0.1) is 0 Å². The highest BCUT2D eigenvalue weighted by atomic mass is 19.1. The number of nitrogens with two attached hydrogens (primary N) is 1. The Hall–Kier alpha value is -1.65. The molecule has 19 heavy (non-hydrogen) atoms. The maximum Gasteiger partial charge on any atom is 0.188 e. The van der Waals surface area contributed by atoms with Crippen LogP contribution < -0.4 is 11.1 Å². The van der Waals surface area contributed by atoms with Crippen molar-refractivity contribution in [2.75, 3.05) is 13.1 Å². The average Bonchev–Trinajstić information content (AvgIpc) is 2.30. The van der Waals surface area contributed by atoms with Crippen LogP contribution in [0.2, 0.25) is 0 Å². The molecular formula is C14H19F2N3. The van der Waals surface area contributed by atoms with Gasteiger partial charge in [-0.3, -0.25) is 4.99 Å². The Morgan fingerprint density at radius 2 is 2.16 bits per heavy atom. The van der Waals surface area contributed by atoms with E-state index in [1.165, 1.54) is 31.4 Å². The molecule has 0 radical (unpaired) electrons. The van der Waals surface area contributed by atoms with Crippen molar-refractivity contribution in [3.63, 3.8) is 0 Å². The predicted molar refractivity (Wildman–Crippen MR) is 71.9 cm³/mol. The topological polar surface area (TPSA) is 50.4 Å². The highest BCUT2D eigenvalue weighted by molar-refractivity contribution is 5.77. The number of halogens is 2. The number of guanidine groups is 1. The summed E-state index contributed by atoms with van der Waals surface area (Å²) in [6, 6.07) is 3.60. The molecular weight excluding hydrogens is 248 g/mol. The Morgan fingerprint density at radius 3 is 2.79 bits per heavy atom. The van der Waals surface area contributed by atoms with Gasteiger partial charge in [-0.25, -0.2) is 8.78 Å². The summed E-state index contributed by atoms with van der Waals surface area (Å²) in [5, 5.41) is 2.94. The van der Waals surface area contributed by atoms with Crippen LogP contribution in [0.5, 0.6) is 0 Å². The molecule has 1 fully saturated rings. The fourth-order valence-electron chi connectivity index (χ4n) is 2.01. The number of hydrogen-bond donors (Lipinski definition) is 2. The number of hydrogen-bond acceptors (Lipinski definition) is 1. The Morgan fingerprint density at radius 1 is 1.37 bits per heavy atom. The highest BCUT2D eigenvalue weighted by Gasteiger charge is 2.16. The average molecular weight is 267 g/mol. The fraction of sp³-hybridized carbons (Fsp3) is 0.500. The number of nitrogens with one attached hydrogen (secondary N) is 1. The van der Waals surface area contributed by atoms with Gasteiger partial charge in [-0.15, -0.1) is 0 Å². The van der Waals surface area contributed by atoms with Gasteiger partial charge in [0, 0.05) is 19.2 Å². The monoisotopic (exact) mass is 267 g/mol. The maximum atomic E-state index is 13.4. The molecule has 0 saturated heterocycles. The van der Waals surface area contributed by atoms with Gasteiger partial charge in [-0.1, -0.05) is 12.5 Å². The minimum absolute atomic E-state index is 0.398. The van der Waals surface area contributed by atoms with Crippen molar-refractivity contribution in [1.29, 1.82) is 0 Å². The predicted octanol–water partition coefficient (Wildman–Crippen LogP) is 2.21. The molecule has 1 aliphatic rings. The van der Waals surface area contributed by atoms with Crippen molar-refractivity contribution in [2.24, 2.45) is 16.6 Å². The smallest absolute Gasteiger partial charge is 0.188 e. The highest BCUT2D eigenvalue weighted by Crippen LogP contribution is 2.26. The molecule has 3 nitrogen and oxygen atoms in total. The Bertz CT molecular complexity index is 456. The molecule has 0 heterocycles. The van der Waals surface area contributed by atoms with Crippen molar-refractivity contribution in [3.05, 3.63) is 35.4 Å². The van der Waals surface area contributed by atoms with E-state index in [1.807, 2.05) is 0 Å². The lowest BCUT2D eigenvalue weighted by molar-refractivity contribution is 0.326. The van der Waals surface area contributed by atoms with Crippen molar-refractivity contribution < 1.29 is 8.78 Å². The van der Waals surface area contributed by atoms with Crippen LogP contribution in [0.25, 0.3) is 0 Å². The van der Waals surface area contributed by atoms with Crippen LogP contribution in [0.4, 0.5) is 8.78 Å². The second kappa shape index (κ2) is 6.50. The number of rotatable bonds is 5. The first-order valence-corrected chi connectivity index (χ1v) is 6.63. The summed E-state index contributed by atoms with van der Waals surface area (Å²) in [6.07, 6.45) is 4.21. The van der Waals surface area contributed by atoms with Gasteiger partial charge in [-0.05, 0) is 36.8 Å². The summed E-state index contributed by atoms with van der Waals surface area (Å²) in [5.41, 5.74) is 6.19. The van der Waals surface area contributed by atoms with Gasteiger partial charge in [-0.2, -0.15) is 0 Å². The van der Waals surface area contributed by atoms with Gasteiger partial charge in [0.1, 0.15) is 11.6 Å². The first kappa shape index (κ1) is 13.8. The molecule has 5 heteroatoms. The standard InChI is InChI=1S/C14H19F2N3/c15-12-5-4-11(13(16)8-12)6-7-18-14(17)19-9-10-2-1-3-10/h4-5,8,10H,1-3,6-7,9H2,(H3,17,18,19). The molecule has 3 N–H and O–H groups in total. The molecule has 0 bridgehead atoms. The summed E-state index contributed by atoms with van der Waals surface area (Å²) >= 11 is 0. The van der Waals surface area contributed by atoms with Crippen LogP contribution in [-0.2, 0) is 6.42 Å². The van der Waals surface area contributed by atoms with Crippen LogP contribution in [0.15, 0.2) is 23.2 Å². The zero-order chi connectivity index (χ0) is 13.7. The van der Waals surface area contributed by atoms with Crippen LogP contribution in [0, 0.1) is 17.6 Å². The van der Waals surface area contributed by atoms with E-state index in [0.717, 1.165) is 12.6 Å². The normalized spacial score (nSPS) is 16.2. The first-order chi connectivity index (χ1) is 9.15. The van der Waals surface area contributed by atoms with Gasteiger partial charge < -0.3 is 11.1 Å². The maximum absolute atomic E-state index is 13.4. The summed E-state index contributed by atoms with van der Waals surface area (Å²) in [4.78, 5) is 4.24. The Kier molecular flexibility index (Phi) is 4.71. The summed E-state index contributed by atoms with van der Waals surface area (Å²) < 4.78 is 26.1. The molecule has 0 aliphatic heterocycles. The van der Waals surface area contributed by atoms with E-state index in [9.17, 15) is 8.78 Å². The SMILES string of the molecule is NC(=NCC1CCC1)NCCc1ccc(F)cc1F. The number of aliphatic imine (C=N–C) groups is 1. The third-order valence-electron chi connectivity index (χ3n) is 3.46. The third kappa shape index (κ3) is 4.19. The van der Waals surface area contributed by atoms with E-state index in [0.29, 0.717) is 30.4 Å². The summed E-state index contributed by atoms with van der Waals surface area (Å²) in [6.45, 7) is 1.26. The second-order valence-electron chi connectivity index (χ2n) is 4.94. The molecule has 104 valence electrons. The van der Waals surface area contributed by atoms with E-state index in [2.05, 4.69) is 10.3 Å². The van der Waals surface area contributed by atoms with Crippen LogP contribution in [0.3, 0.4) is 0 Å². The Balaban J connectivity index is 1.72. The van der Waals surface area contributed by atoms with E-state index in [4.69, 9.17) is 5.73 Å². The zero-order valence-corrected chi connectivity index (χ0v) is 10.8. The van der Waals surface area contributed by atoms with Gasteiger partial charge in [0.2, 0.25) is 0 Å². The molecule has 1 saturated carbocycles. The van der Waals surface area contributed by atoms with Crippen molar-refractivity contribution in [2.45, 2.75) is 25.7 Å². The minimum Gasteiger partial charge on any atom is -0.370 e. The van der Waals surface area contributed by atoms with E-state index < -0.39 is 11.6 Å². The van der Waals surface area contributed by atoms with Crippen molar-refractivity contribution in [1.82, 2.24) is 5.32 Å². The van der Waals surface area contributed by atoms with Crippen LogP contribution in [-0.4, -0.2) is 19.0 Å².